The number of rotatable bonds is 11. The van der Waals surface area contributed by atoms with Crippen LogP contribution in [-0.4, -0.2) is 0 Å². The third-order valence-corrected chi connectivity index (χ3v) is 3.30. The molecule has 0 saturated heterocycles. The maximum Gasteiger partial charge on any atom is -0.0417 e. The molecule has 0 bridgehead atoms. The molecule has 0 aliphatic carbocycles. The van der Waals surface area contributed by atoms with Crippen molar-refractivity contribution in [2.75, 3.05) is 0 Å². The summed E-state index contributed by atoms with van der Waals surface area (Å²) < 4.78 is 0. The van der Waals surface area contributed by atoms with Gasteiger partial charge in [0.15, 0.2) is 0 Å². The minimum atomic E-state index is 0.972. The Morgan fingerprint density at radius 2 is 1.27 bits per heavy atom. The highest BCUT2D eigenvalue weighted by atomic mass is 14.1. The van der Waals surface area contributed by atoms with E-state index in [9.17, 15) is 0 Å². The first-order valence-corrected chi connectivity index (χ1v) is 6.93. The van der Waals surface area contributed by atoms with Crippen molar-refractivity contribution in [1.82, 2.24) is 0 Å². The van der Waals surface area contributed by atoms with Gasteiger partial charge in [-0.05, 0) is 5.92 Å². The molecule has 0 heteroatoms. The second-order valence-electron chi connectivity index (χ2n) is 4.68. The molecule has 0 nitrogen and oxygen atoms in total. The van der Waals surface area contributed by atoms with Gasteiger partial charge < -0.3 is 0 Å². The van der Waals surface area contributed by atoms with Crippen LogP contribution in [0.2, 0.25) is 0 Å². The highest BCUT2D eigenvalue weighted by Gasteiger charge is 2.04. The van der Waals surface area contributed by atoms with E-state index in [2.05, 4.69) is 20.8 Å². The van der Waals surface area contributed by atoms with Crippen molar-refractivity contribution in [2.24, 2.45) is 5.92 Å². The highest BCUT2D eigenvalue weighted by Crippen LogP contribution is 2.20. The number of hydrogen-bond donors (Lipinski definition) is 0. The first kappa shape index (κ1) is 15.0. The molecule has 0 aromatic rings. The van der Waals surface area contributed by atoms with Crippen LogP contribution in [0.25, 0.3) is 0 Å². The standard InChI is InChI=1S/C15H30/c1-4-7-9-10-11-12-14-15(6-3)13-8-5-2/h15H,1-2,4-14H2,3H3. The summed E-state index contributed by atoms with van der Waals surface area (Å²) in [6.45, 7) is 10.1. The smallest absolute Gasteiger partial charge is 0.0417 e. The van der Waals surface area contributed by atoms with E-state index in [0.717, 1.165) is 18.8 Å². The van der Waals surface area contributed by atoms with Gasteiger partial charge in [-0.1, -0.05) is 91.4 Å². The van der Waals surface area contributed by atoms with Gasteiger partial charge in [0.1, 0.15) is 0 Å². The minimum Gasteiger partial charge on any atom is -0.0651 e. The Balaban J connectivity index is 3.22. The average molecular weight is 210 g/mol. The van der Waals surface area contributed by atoms with Crippen molar-refractivity contribution >= 4 is 0 Å². The molecule has 90 valence electrons. The Hall–Kier alpha value is 0. The molecule has 0 amide bonds. The van der Waals surface area contributed by atoms with Gasteiger partial charge in [0.25, 0.3) is 0 Å². The second kappa shape index (κ2) is 12.1. The zero-order chi connectivity index (χ0) is 11.4. The van der Waals surface area contributed by atoms with Crippen molar-refractivity contribution in [3.8, 4) is 0 Å². The predicted octanol–water partition coefficient (Wildman–Crippen LogP) is 5.58. The monoisotopic (exact) mass is 210 g/mol. The van der Waals surface area contributed by atoms with E-state index in [1.54, 1.807) is 0 Å². The molecule has 0 aromatic heterocycles. The van der Waals surface area contributed by atoms with Crippen LogP contribution in [-0.2, 0) is 0 Å². The fraction of sp³-hybridized carbons (Fsp3) is 0.867. The molecule has 0 spiro atoms. The van der Waals surface area contributed by atoms with Gasteiger partial charge in [-0.2, -0.15) is 0 Å². The Labute approximate surface area is 97.8 Å². The van der Waals surface area contributed by atoms with Crippen LogP contribution in [0.3, 0.4) is 0 Å². The lowest BCUT2D eigenvalue weighted by molar-refractivity contribution is 0.403. The molecule has 0 heterocycles. The predicted molar refractivity (Wildman–Crippen MR) is 70.7 cm³/mol. The van der Waals surface area contributed by atoms with Gasteiger partial charge in [0.05, 0.1) is 0 Å². The molecular weight excluding hydrogens is 180 g/mol. The summed E-state index contributed by atoms with van der Waals surface area (Å²) in [6.07, 6.45) is 14.7. The quantitative estimate of drug-likeness (QED) is 0.390. The van der Waals surface area contributed by atoms with Crippen LogP contribution >= 0.6 is 0 Å². The molecule has 15 heavy (non-hydrogen) atoms. The highest BCUT2D eigenvalue weighted by molar-refractivity contribution is 4.59. The van der Waals surface area contributed by atoms with E-state index >= 15 is 0 Å². The molecule has 1 unspecified atom stereocenters. The maximum absolute atomic E-state index is 3.92. The topological polar surface area (TPSA) is 0 Å². The maximum atomic E-state index is 3.92. The van der Waals surface area contributed by atoms with Crippen LogP contribution in [0.15, 0.2) is 0 Å². The Kier molecular flexibility index (Phi) is 12.1. The van der Waals surface area contributed by atoms with Gasteiger partial charge in [0.2, 0.25) is 0 Å². The van der Waals surface area contributed by atoms with Crippen LogP contribution < -0.4 is 0 Å². The van der Waals surface area contributed by atoms with E-state index in [-0.39, 0.29) is 0 Å². The lowest BCUT2D eigenvalue weighted by Gasteiger charge is -2.13. The molecule has 0 aromatic carbocycles. The van der Waals surface area contributed by atoms with Crippen LogP contribution in [0, 0.1) is 19.8 Å². The summed E-state index contributed by atoms with van der Waals surface area (Å²) in [6, 6.07) is 0. The van der Waals surface area contributed by atoms with Crippen molar-refractivity contribution in [1.29, 1.82) is 0 Å². The zero-order valence-electron chi connectivity index (χ0n) is 10.8. The molecule has 0 saturated carbocycles. The summed E-state index contributed by atoms with van der Waals surface area (Å²) in [7, 11) is 0. The van der Waals surface area contributed by atoms with Crippen molar-refractivity contribution in [3.63, 3.8) is 0 Å². The Morgan fingerprint density at radius 3 is 1.87 bits per heavy atom. The molecule has 0 rings (SSSR count). The molecule has 0 aliphatic heterocycles. The SMILES string of the molecule is [CH2]CCCCCCCC(CC)CCC[CH2]. The van der Waals surface area contributed by atoms with Gasteiger partial charge in [-0.25, -0.2) is 0 Å². The average Bonchev–Trinajstić information content (AvgIpc) is 2.27. The molecule has 0 fully saturated rings. The van der Waals surface area contributed by atoms with Gasteiger partial charge in [-0.15, -0.1) is 0 Å². The summed E-state index contributed by atoms with van der Waals surface area (Å²) in [5, 5.41) is 0. The third-order valence-electron chi connectivity index (χ3n) is 3.30. The first-order chi connectivity index (χ1) is 7.35. The normalized spacial score (nSPS) is 13.0. The van der Waals surface area contributed by atoms with Gasteiger partial charge in [0, 0.05) is 0 Å². The zero-order valence-corrected chi connectivity index (χ0v) is 10.8. The summed E-state index contributed by atoms with van der Waals surface area (Å²) in [4.78, 5) is 0. The van der Waals surface area contributed by atoms with Crippen LogP contribution in [0.1, 0.15) is 77.6 Å². The van der Waals surface area contributed by atoms with Crippen LogP contribution in [0.5, 0.6) is 0 Å². The van der Waals surface area contributed by atoms with Gasteiger partial charge in [-0.3, -0.25) is 0 Å². The Bertz CT molecular complexity index is 107. The summed E-state index contributed by atoms with van der Waals surface area (Å²) >= 11 is 0. The lowest BCUT2D eigenvalue weighted by Crippen LogP contribution is -1.98. The van der Waals surface area contributed by atoms with E-state index < -0.39 is 0 Å². The van der Waals surface area contributed by atoms with E-state index in [1.165, 1.54) is 57.8 Å². The molecule has 1 atom stereocenters. The molecule has 2 radical (unpaired) electrons. The third kappa shape index (κ3) is 10.3. The van der Waals surface area contributed by atoms with Crippen molar-refractivity contribution in [2.45, 2.75) is 77.6 Å². The molecule has 0 N–H and O–H groups in total. The fourth-order valence-electron chi connectivity index (χ4n) is 2.13. The van der Waals surface area contributed by atoms with Gasteiger partial charge >= 0.3 is 0 Å². The van der Waals surface area contributed by atoms with Crippen molar-refractivity contribution in [3.05, 3.63) is 13.8 Å². The van der Waals surface area contributed by atoms with E-state index in [4.69, 9.17) is 0 Å². The first-order valence-electron chi connectivity index (χ1n) is 6.93. The minimum absolute atomic E-state index is 0.972. The molecular formula is C15H30. The summed E-state index contributed by atoms with van der Waals surface area (Å²) in [5.41, 5.74) is 0. The summed E-state index contributed by atoms with van der Waals surface area (Å²) in [5.74, 6) is 0.972. The number of unbranched alkanes of at least 4 members (excludes halogenated alkanes) is 6. The van der Waals surface area contributed by atoms with E-state index in [1.807, 2.05) is 0 Å². The Morgan fingerprint density at radius 1 is 0.733 bits per heavy atom. The lowest BCUT2D eigenvalue weighted by atomic mass is 9.93. The fourth-order valence-corrected chi connectivity index (χ4v) is 2.13. The van der Waals surface area contributed by atoms with E-state index in [0.29, 0.717) is 0 Å². The van der Waals surface area contributed by atoms with Crippen molar-refractivity contribution < 1.29 is 0 Å². The molecule has 0 aliphatic rings. The number of hydrogen-bond acceptors (Lipinski definition) is 0. The van der Waals surface area contributed by atoms with Crippen LogP contribution in [0.4, 0.5) is 0 Å². The second-order valence-corrected chi connectivity index (χ2v) is 4.68. The largest absolute Gasteiger partial charge is 0.0651 e.